The van der Waals surface area contributed by atoms with Crippen molar-refractivity contribution in [3.8, 4) is 0 Å². The molecule has 0 bridgehead atoms. The van der Waals surface area contributed by atoms with Gasteiger partial charge in [-0.05, 0) is 31.7 Å². The molecule has 0 saturated carbocycles. The molecule has 0 aromatic carbocycles. The Morgan fingerprint density at radius 3 is 3.00 bits per heavy atom. The van der Waals surface area contributed by atoms with E-state index in [4.69, 9.17) is 9.73 Å². The van der Waals surface area contributed by atoms with Crippen LogP contribution in [0.15, 0.2) is 17.4 Å². The van der Waals surface area contributed by atoms with Gasteiger partial charge in [-0.1, -0.05) is 0 Å². The van der Waals surface area contributed by atoms with Gasteiger partial charge in [-0.3, -0.25) is 9.67 Å². The summed E-state index contributed by atoms with van der Waals surface area (Å²) in [5.74, 6) is 1.05. The third-order valence-corrected chi connectivity index (χ3v) is 4.68. The third-order valence-electron chi connectivity index (χ3n) is 4.68. The van der Waals surface area contributed by atoms with Crippen LogP contribution in [-0.4, -0.2) is 60.0 Å². The van der Waals surface area contributed by atoms with Crippen LogP contribution in [0.3, 0.4) is 0 Å². The molecule has 2 saturated heterocycles. The zero-order valence-corrected chi connectivity index (χ0v) is 16.5. The van der Waals surface area contributed by atoms with Crippen molar-refractivity contribution >= 4 is 29.9 Å². The first-order valence-corrected chi connectivity index (χ1v) is 8.29. The van der Waals surface area contributed by atoms with E-state index in [0.29, 0.717) is 5.41 Å². The van der Waals surface area contributed by atoms with Gasteiger partial charge in [-0.25, -0.2) is 0 Å². The number of guanidine groups is 1. The largest absolute Gasteiger partial charge is 0.381 e. The SMILES string of the molecule is CCNC(=NCCc1cnn(C)c1)N1CCC2(CCOC2)C1.I. The molecule has 1 unspecified atom stereocenters. The van der Waals surface area contributed by atoms with Crippen LogP contribution < -0.4 is 5.32 Å². The molecule has 1 spiro atoms. The lowest BCUT2D eigenvalue weighted by Gasteiger charge is -2.24. The molecule has 130 valence electrons. The minimum absolute atomic E-state index is 0. The highest BCUT2D eigenvalue weighted by Crippen LogP contribution is 2.38. The number of aliphatic imine (C=N–C) groups is 1. The number of hydrogen-bond acceptors (Lipinski definition) is 3. The molecule has 2 fully saturated rings. The standard InChI is InChI=1S/C16H27N5O.HI/c1-3-17-15(18-7-4-14-10-19-20(2)11-14)21-8-5-16(12-21)6-9-22-13-16;/h10-11H,3-9,12-13H2,1-2H3,(H,17,18);1H. The molecule has 6 nitrogen and oxygen atoms in total. The first-order valence-electron chi connectivity index (χ1n) is 8.29. The van der Waals surface area contributed by atoms with Crippen LogP contribution in [0.2, 0.25) is 0 Å². The highest BCUT2D eigenvalue weighted by atomic mass is 127. The molecule has 0 amide bonds. The topological polar surface area (TPSA) is 54.7 Å². The molecule has 1 N–H and O–H groups in total. The molecule has 23 heavy (non-hydrogen) atoms. The lowest BCUT2D eigenvalue weighted by Crippen LogP contribution is -2.41. The molecule has 0 aliphatic carbocycles. The van der Waals surface area contributed by atoms with E-state index in [1.165, 1.54) is 18.4 Å². The van der Waals surface area contributed by atoms with Crippen molar-refractivity contribution in [1.82, 2.24) is 20.0 Å². The second-order valence-electron chi connectivity index (χ2n) is 6.48. The van der Waals surface area contributed by atoms with Gasteiger partial charge in [0, 0.05) is 51.4 Å². The first kappa shape index (κ1) is 18.5. The minimum Gasteiger partial charge on any atom is -0.381 e. The van der Waals surface area contributed by atoms with Crippen LogP contribution in [0.1, 0.15) is 25.3 Å². The van der Waals surface area contributed by atoms with Gasteiger partial charge in [0.25, 0.3) is 0 Å². The Morgan fingerprint density at radius 1 is 1.48 bits per heavy atom. The monoisotopic (exact) mass is 433 g/mol. The Bertz CT molecular complexity index is 524. The lowest BCUT2D eigenvalue weighted by atomic mass is 9.87. The third kappa shape index (κ3) is 4.59. The summed E-state index contributed by atoms with van der Waals surface area (Å²) in [6.07, 6.45) is 7.33. The van der Waals surface area contributed by atoms with Gasteiger partial charge >= 0.3 is 0 Å². The predicted octanol–water partition coefficient (Wildman–Crippen LogP) is 1.66. The molecule has 1 aromatic rings. The average Bonchev–Trinajstić information content (AvgIpc) is 3.22. The van der Waals surface area contributed by atoms with Crippen molar-refractivity contribution in [2.45, 2.75) is 26.2 Å². The summed E-state index contributed by atoms with van der Waals surface area (Å²) in [5, 5.41) is 7.64. The Kier molecular flexibility index (Phi) is 6.70. The van der Waals surface area contributed by atoms with Gasteiger partial charge in [0.1, 0.15) is 0 Å². The fourth-order valence-electron chi connectivity index (χ4n) is 3.40. The Hall–Kier alpha value is -0.830. The Labute approximate surface area is 155 Å². The van der Waals surface area contributed by atoms with Crippen LogP contribution in [0, 0.1) is 5.41 Å². The van der Waals surface area contributed by atoms with Crippen LogP contribution in [-0.2, 0) is 18.2 Å². The Morgan fingerprint density at radius 2 is 2.35 bits per heavy atom. The van der Waals surface area contributed by atoms with Crippen molar-refractivity contribution < 1.29 is 4.74 Å². The number of nitrogens with one attached hydrogen (secondary N) is 1. The first-order chi connectivity index (χ1) is 10.7. The summed E-state index contributed by atoms with van der Waals surface area (Å²) in [6, 6.07) is 0. The molecule has 1 atom stereocenters. The van der Waals surface area contributed by atoms with Gasteiger partial charge in [-0.2, -0.15) is 5.10 Å². The van der Waals surface area contributed by atoms with E-state index in [9.17, 15) is 0 Å². The number of ether oxygens (including phenoxy) is 1. The highest BCUT2D eigenvalue weighted by Gasteiger charge is 2.42. The maximum atomic E-state index is 5.62. The van der Waals surface area contributed by atoms with E-state index >= 15 is 0 Å². The van der Waals surface area contributed by atoms with E-state index in [2.05, 4.69) is 28.4 Å². The van der Waals surface area contributed by atoms with Crippen LogP contribution in [0.4, 0.5) is 0 Å². The zero-order chi connectivity index (χ0) is 15.4. The molecular formula is C16H28IN5O. The lowest BCUT2D eigenvalue weighted by molar-refractivity contribution is 0.156. The summed E-state index contributed by atoms with van der Waals surface area (Å²) in [7, 11) is 1.95. The second-order valence-corrected chi connectivity index (χ2v) is 6.48. The summed E-state index contributed by atoms with van der Waals surface area (Å²) in [4.78, 5) is 7.21. The van der Waals surface area contributed by atoms with Crippen molar-refractivity contribution in [1.29, 1.82) is 0 Å². The maximum Gasteiger partial charge on any atom is 0.193 e. The molecular weight excluding hydrogens is 405 g/mol. The van der Waals surface area contributed by atoms with Crippen molar-refractivity contribution in [3.63, 3.8) is 0 Å². The van der Waals surface area contributed by atoms with Gasteiger partial charge in [-0.15, -0.1) is 24.0 Å². The Balaban J connectivity index is 0.00000192. The zero-order valence-electron chi connectivity index (χ0n) is 14.1. The fraction of sp³-hybridized carbons (Fsp3) is 0.750. The van der Waals surface area contributed by atoms with Crippen molar-refractivity contribution in [2.24, 2.45) is 17.5 Å². The van der Waals surface area contributed by atoms with E-state index in [-0.39, 0.29) is 24.0 Å². The number of rotatable bonds is 4. The molecule has 2 aliphatic heterocycles. The quantitative estimate of drug-likeness (QED) is 0.446. The van der Waals surface area contributed by atoms with Gasteiger partial charge in [0.15, 0.2) is 5.96 Å². The average molecular weight is 433 g/mol. The maximum absolute atomic E-state index is 5.62. The molecule has 0 radical (unpaired) electrons. The minimum atomic E-state index is 0. The van der Waals surface area contributed by atoms with Gasteiger partial charge < -0.3 is 15.0 Å². The number of likely N-dealkylation sites (tertiary alicyclic amines) is 1. The molecule has 7 heteroatoms. The molecule has 2 aliphatic rings. The summed E-state index contributed by atoms with van der Waals surface area (Å²) < 4.78 is 7.46. The number of halogens is 1. The second kappa shape index (κ2) is 8.32. The number of nitrogens with zero attached hydrogens (tertiary/aromatic N) is 4. The molecule has 3 heterocycles. The van der Waals surface area contributed by atoms with Crippen LogP contribution in [0.25, 0.3) is 0 Å². The summed E-state index contributed by atoms with van der Waals surface area (Å²) >= 11 is 0. The number of aryl methyl sites for hydroxylation is 1. The molecule has 3 rings (SSSR count). The number of aromatic nitrogens is 2. The van der Waals surface area contributed by atoms with Crippen molar-refractivity contribution in [2.75, 3.05) is 39.4 Å². The van der Waals surface area contributed by atoms with Crippen LogP contribution >= 0.6 is 24.0 Å². The normalized spacial score (nSPS) is 24.3. The van der Waals surface area contributed by atoms with Crippen LogP contribution in [0.5, 0.6) is 0 Å². The highest BCUT2D eigenvalue weighted by molar-refractivity contribution is 14.0. The van der Waals surface area contributed by atoms with E-state index in [1.54, 1.807) is 0 Å². The predicted molar refractivity (Wildman–Crippen MR) is 102 cm³/mol. The number of hydrogen-bond donors (Lipinski definition) is 1. The summed E-state index contributed by atoms with van der Waals surface area (Å²) in [5.41, 5.74) is 1.61. The van der Waals surface area contributed by atoms with E-state index < -0.39 is 0 Å². The summed E-state index contributed by atoms with van der Waals surface area (Å²) in [6.45, 7) is 7.83. The van der Waals surface area contributed by atoms with Gasteiger partial charge in [0.05, 0.1) is 12.8 Å². The van der Waals surface area contributed by atoms with E-state index in [1.807, 2.05) is 17.9 Å². The smallest absolute Gasteiger partial charge is 0.193 e. The van der Waals surface area contributed by atoms with Crippen molar-refractivity contribution in [3.05, 3.63) is 18.0 Å². The fourth-order valence-corrected chi connectivity index (χ4v) is 3.40. The van der Waals surface area contributed by atoms with E-state index in [0.717, 1.165) is 51.8 Å². The van der Waals surface area contributed by atoms with Gasteiger partial charge in [0.2, 0.25) is 0 Å². The molecule has 1 aromatic heterocycles.